The fourth-order valence-electron chi connectivity index (χ4n) is 3.48. The molecule has 8 nitrogen and oxygen atoms in total. The minimum absolute atomic E-state index is 0.0424. The number of alkyl halides is 3. The largest absolute Gasteiger partial charge is 0.434 e. The number of fused-ring (bicyclic) bond motifs is 1. The summed E-state index contributed by atoms with van der Waals surface area (Å²) >= 11 is 0. The molecule has 11 heteroatoms. The molecule has 1 amide bonds. The molecular weight excluding hydrogens is 399 g/mol. The van der Waals surface area contributed by atoms with Crippen LogP contribution >= 0.6 is 0 Å². The van der Waals surface area contributed by atoms with E-state index < -0.39 is 17.8 Å². The third kappa shape index (κ3) is 3.88. The van der Waals surface area contributed by atoms with E-state index in [0.29, 0.717) is 12.4 Å². The lowest BCUT2D eigenvalue weighted by atomic mass is 10.0. The third-order valence-corrected chi connectivity index (χ3v) is 4.85. The van der Waals surface area contributed by atoms with Gasteiger partial charge in [0, 0.05) is 24.3 Å². The number of aromatic nitrogens is 4. The van der Waals surface area contributed by atoms with E-state index in [9.17, 15) is 18.0 Å². The molecule has 3 aromatic heterocycles. The first-order valence-electron chi connectivity index (χ1n) is 9.30. The van der Waals surface area contributed by atoms with E-state index in [2.05, 4.69) is 30.6 Å². The van der Waals surface area contributed by atoms with Crippen molar-refractivity contribution in [3.63, 3.8) is 0 Å². The van der Waals surface area contributed by atoms with E-state index in [1.165, 1.54) is 24.5 Å². The summed E-state index contributed by atoms with van der Waals surface area (Å²) in [4.78, 5) is 28.2. The first kappa shape index (κ1) is 20.0. The molecule has 4 heterocycles. The Morgan fingerprint density at radius 3 is 2.77 bits per heavy atom. The molecule has 1 saturated heterocycles. The maximum absolute atomic E-state index is 13.5. The second-order valence-corrected chi connectivity index (χ2v) is 6.92. The van der Waals surface area contributed by atoms with Gasteiger partial charge in [-0.25, -0.2) is 15.0 Å². The molecule has 1 fully saturated rings. The van der Waals surface area contributed by atoms with Gasteiger partial charge in [0.05, 0.1) is 11.3 Å². The van der Waals surface area contributed by atoms with Gasteiger partial charge in [0.15, 0.2) is 11.5 Å². The van der Waals surface area contributed by atoms with Crippen molar-refractivity contribution in [2.45, 2.75) is 25.1 Å². The second-order valence-electron chi connectivity index (χ2n) is 6.92. The number of halogens is 3. The molecule has 156 valence electrons. The molecule has 0 saturated carbocycles. The Morgan fingerprint density at radius 2 is 2.07 bits per heavy atom. The van der Waals surface area contributed by atoms with Gasteiger partial charge in [-0.15, -0.1) is 0 Å². The van der Waals surface area contributed by atoms with E-state index >= 15 is 0 Å². The first-order valence-corrected chi connectivity index (χ1v) is 9.30. The second kappa shape index (κ2) is 7.82. The summed E-state index contributed by atoms with van der Waals surface area (Å²) in [7, 11) is 0. The molecule has 0 radical (unpaired) electrons. The molecule has 1 aliphatic rings. The number of hydrogen-bond acceptors (Lipinski definition) is 7. The predicted molar refractivity (Wildman–Crippen MR) is 104 cm³/mol. The maximum Gasteiger partial charge on any atom is 0.434 e. The van der Waals surface area contributed by atoms with Crippen molar-refractivity contribution in [3.05, 3.63) is 42.0 Å². The Labute approximate surface area is 169 Å². The zero-order chi connectivity index (χ0) is 21.3. The van der Waals surface area contributed by atoms with Gasteiger partial charge in [0.1, 0.15) is 17.4 Å². The molecule has 30 heavy (non-hydrogen) atoms. The molecule has 0 aromatic carbocycles. The van der Waals surface area contributed by atoms with Crippen LogP contribution in [0.4, 0.5) is 19.0 Å². The smallest absolute Gasteiger partial charge is 0.366 e. The molecule has 4 rings (SSSR count). The van der Waals surface area contributed by atoms with Crippen LogP contribution in [-0.4, -0.2) is 45.0 Å². The van der Waals surface area contributed by atoms with Crippen LogP contribution in [0.25, 0.3) is 22.3 Å². The van der Waals surface area contributed by atoms with E-state index in [-0.39, 0.29) is 33.9 Å². The number of nitrogens with one attached hydrogen (secondary N) is 2. The molecule has 0 bridgehead atoms. The van der Waals surface area contributed by atoms with Gasteiger partial charge in [0.2, 0.25) is 0 Å². The number of pyridine rings is 2. The monoisotopic (exact) mass is 417 g/mol. The number of carbonyl (C=O) groups excluding carboxylic acids is 1. The highest BCUT2D eigenvalue weighted by atomic mass is 19.4. The van der Waals surface area contributed by atoms with Gasteiger partial charge in [-0.1, -0.05) is 0 Å². The summed E-state index contributed by atoms with van der Waals surface area (Å²) in [5.41, 5.74) is 4.34. The Bertz CT molecular complexity index is 1100. The Balaban J connectivity index is 1.90. The fraction of sp³-hybridized carbons (Fsp3) is 0.316. The van der Waals surface area contributed by atoms with Gasteiger partial charge < -0.3 is 16.4 Å². The number of nitrogens with two attached hydrogens (primary N) is 1. The average molecular weight is 417 g/mol. The lowest BCUT2D eigenvalue weighted by molar-refractivity contribution is -0.140. The summed E-state index contributed by atoms with van der Waals surface area (Å²) in [5, 5.41) is 6.51. The lowest BCUT2D eigenvalue weighted by Crippen LogP contribution is -2.38. The zero-order valence-corrected chi connectivity index (χ0v) is 15.7. The van der Waals surface area contributed by atoms with E-state index in [1.807, 2.05) is 0 Å². The van der Waals surface area contributed by atoms with Crippen LogP contribution in [0.1, 0.15) is 28.9 Å². The van der Waals surface area contributed by atoms with Crippen molar-refractivity contribution >= 4 is 22.8 Å². The van der Waals surface area contributed by atoms with Gasteiger partial charge >= 0.3 is 6.18 Å². The van der Waals surface area contributed by atoms with Gasteiger partial charge in [-0.05, 0) is 37.6 Å². The van der Waals surface area contributed by atoms with Crippen LogP contribution in [-0.2, 0) is 6.18 Å². The standard InChI is InChI=1S/C19H18F3N7O/c20-19(21,22)16-11(4-2-6-25-16)13-7-12(17(23)30)14-15(29-13)18(27-9-26-14)28-10-3-1-5-24-8-10/h2,4,6-7,9-10,24H,1,3,5,8H2,(H2,23,30)(H,26,27,28)/t10-/m0/s1. The number of primary amides is 1. The topological polar surface area (TPSA) is 119 Å². The minimum atomic E-state index is -4.69. The van der Waals surface area contributed by atoms with Crippen molar-refractivity contribution in [2.24, 2.45) is 5.73 Å². The van der Waals surface area contributed by atoms with Crippen LogP contribution in [0.15, 0.2) is 30.7 Å². The van der Waals surface area contributed by atoms with Crippen LogP contribution in [0.3, 0.4) is 0 Å². The molecule has 0 unspecified atom stereocenters. The number of hydrogen-bond donors (Lipinski definition) is 3. The van der Waals surface area contributed by atoms with Gasteiger partial charge in [0.25, 0.3) is 5.91 Å². The van der Waals surface area contributed by atoms with Crippen LogP contribution < -0.4 is 16.4 Å². The summed E-state index contributed by atoms with van der Waals surface area (Å²) < 4.78 is 40.4. The number of rotatable bonds is 4. The average Bonchev–Trinajstić information content (AvgIpc) is 2.73. The molecule has 0 spiro atoms. The Hall–Kier alpha value is -3.34. The van der Waals surface area contributed by atoms with E-state index in [4.69, 9.17) is 5.73 Å². The van der Waals surface area contributed by atoms with E-state index in [1.54, 1.807) is 0 Å². The molecule has 4 N–H and O–H groups in total. The summed E-state index contributed by atoms with van der Waals surface area (Å²) in [6.45, 7) is 1.62. The van der Waals surface area contributed by atoms with E-state index in [0.717, 1.165) is 25.6 Å². The number of piperidine rings is 1. The van der Waals surface area contributed by atoms with Crippen LogP contribution in [0.2, 0.25) is 0 Å². The number of amides is 1. The van der Waals surface area contributed by atoms with Crippen molar-refractivity contribution in [2.75, 3.05) is 18.4 Å². The van der Waals surface area contributed by atoms with Crippen molar-refractivity contribution in [3.8, 4) is 11.3 Å². The van der Waals surface area contributed by atoms with Crippen molar-refractivity contribution in [1.82, 2.24) is 25.3 Å². The highest BCUT2D eigenvalue weighted by Gasteiger charge is 2.36. The molecule has 1 atom stereocenters. The van der Waals surface area contributed by atoms with Gasteiger partial charge in [-0.2, -0.15) is 13.2 Å². The zero-order valence-electron chi connectivity index (χ0n) is 15.7. The van der Waals surface area contributed by atoms with Crippen LogP contribution in [0.5, 0.6) is 0 Å². The van der Waals surface area contributed by atoms with Crippen molar-refractivity contribution < 1.29 is 18.0 Å². The summed E-state index contributed by atoms with van der Waals surface area (Å²) in [6.07, 6.45) is -0.519. The SMILES string of the molecule is NC(=O)c1cc(-c2cccnc2C(F)(F)F)nc2c(N[C@H]3CCCNC3)ncnc12. The summed E-state index contributed by atoms with van der Waals surface area (Å²) in [5.74, 6) is -0.499. The van der Waals surface area contributed by atoms with Gasteiger partial charge in [-0.3, -0.25) is 9.78 Å². The normalized spacial score (nSPS) is 17.1. The number of carbonyl (C=O) groups is 1. The number of anilines is 1. The first-order chi connectivity index (χ1) is 14.3. The minimum Gasteiger partial charge on any atom is -0.366 e. The third-order valence-electron chi connectivity index (χ3n) is 4.85. The molecule has 3 aromatic rings. The Kier molecular flexibility index (Phi) is 5.20. The predicted octanol–water partition coefficient (Wildman–Crippen LogP) is 2.37. The van der Waals surface area contributed by atoms with Crippen LogP contribution in [0, 0.1) is 0 Å². The number of nitrogens with zero attached hydrogens (tertiary/aromatic N) is 4. The summed E-state index contributed by atoms with van der Waals surface area (Å²) in [6, 6.07) is 3.88. The molecule has 0 aliphatic carbocycles. The maximum atomic E-state index is 13.5. The van der Waals surface area contributed by atoms with Crippen molar-refractivity contribution in [1.29, 1.82) is 0 Å². The molecular formula is C19H18F3N7O. The molecule has 1 aliphatic heterocycles. The highest BCUT2D eigenvalue weighted by molar-refractivity contribution is 6.06. The lowest BCUT2D eigenvalue weighted by Gasteiger charge is -2.24. The fourth-order valence-corrected chi connectivity index (χ4v) is 3.48. The quantitative estimate of drug-likeness (QED) is 0.596. The highest BCUT2D eigenvalue weighted by Crippen LogP contribution is 2.36. The Morgan fingerprint density at radius 1 is 1.23 bits per heavy atom.